The van der Waals surface area contributed by atoms with Crippen LogP contribution in [0.3, 0.4) is 0 Å². The summed E-state index contributed by atoms with van der Waals surface area (Å²) in [6.45, 7) is 3.84. The Bertz CT molecular complexity index is 868. The summed E-state index contributed by atoms with van der Waals surface area (Å²) < 4.78 is 10.1. The van der Waals surface area contributed by atoms with Crippen LogP contribution in [0.4, 0.5) is 0 Å². The van der Waals surface area contributed by atoms with Crippen molar-refractivity contribution in [1.82, 2.24) is 10.1 Å². The molecule has 0 amide bonds. The molecule has 0 aliphatic rings. The fourth-order valence-electron chi connectivity index (χ4n) is 2.40. The highest BCUT2D eigenvalue weighted by molar-refractivity contribution is 5.91. The smallest absolute Gasteiger partial charge is 0.338 e. The van der Waals surface area contributed by atoms with E-state index >= 15 is 0 Å². The van der Waals surface area contributed by atoms with Crippen LogP contribution in [0.5, 0.6) is 0 Å². The van der Waals surface area contributed by atoms with E-state index in [4.69, 9.17) is 9.26 Å². The Kier molecular flexibility index (Phi) is 3.93. The molecule has 5 nitrogen and oxygen atoms in total. The summed E-state index contributed by atoms with van der Waals surface area (Å²) in [6.07, 6.45) is 0. The molecule has 0 aliphatic carbocycles. The van der Waals surface area contributed by atoms with Gasteiger partial charge in [0.15, 0.2) is 0 Å². The zero-order valence-corrected chi connectivity index (χ0v) is 13.2. The van der Waals surface area contributed by atoms with E-state index in [9.17, 15) is 4.79 Å². The van der Waals surface area contributed by atoms with Gasteiger partial charge in [-0.2, -0.15) is 4.98 Å². The van der Waals surface area contributed by atoms with Crippen molar-refractivity contribution in [2.45, 2.75) is 13.8 Å². The summed E-state index contributed by atoms with van der Waals surface area (Å²) in [6, 6.07) is 13.2. The molecular formula is C18H16N2O3. The van der Waals surface area contributed by atoms with Gasteiger partial charge in [-0.05, 0) is 43.2 Å². The van der Waals surface area contributed by atoms with Crippen LogP contribution in [-0.2, 0) is 4.74 Å². The Morgan fingerprint density at radius 2 is 1.87 bits per heavy atom. The van der Waals surface area contributed by atoms with Gasteiger partial charge in [0, 0.05) is 11.1 Å². The van der Waals surface area contributed by atoms with Gasteiger partial charge < -0.3 is 9.26 Å². The average Bonchev–Trinajstić information content (AvgIpc) is 3.04. The largest absolute Gasteiger partial charge is 0.465 e. The Balaban J connectivity index is 1.96. The van der Waals surface area contributed by atoms with Gasteiger partial charge >= 0.3 is 5.97 Å². The first-order valence-corrected chi connectivity index (χ1v) is 7.19. The van der Waals surface area contributed by atoms with E-state index in [-0.39, 0.29) is 5.97 Å². The first kappa shape index (κ1) is 15.0. The van der Waals surface area contributed by atoms with Crippen molar-refractivity contribution in [2.75, 3.05) is 7.11 Å². The fourth-order valence-corrected chi connectivity index (χ4v) is 2.40. The molecule has 0 spiro atoms. The number of benzene rings is 2. The highest BCUT2D eigenvalue weighted by Crippen LogP contribution is 2.25. The number of methoxy groups -OCH3 is 1. The van der Waals surface area contributed by atoms with E-state index in [0.29, 0.717) is 17.3 Å². The maximum atomic E-state index is 11.6. The molecule has 2 aromatic carbocycles. The number of carbonyl (C=O) groups excluding carboxylic acids is 1. The number of ether oxygens (including phenoxy) is 1. The van der Waals surface area contributed by atoms with Crippen LogP contribution in [0.25, 0.3) is 22.8 Å². The summed E-state index contributed by atoms with van der Waals surface area (Å²) in [4.78, 5) is 16.1. The Morgan fingerprint density at radius 1 is 1.09 bits per heavy atom. The number of nitrogens with zero attached hydrogens (tertiary/aromatic N) is 2. The quantitative estimate of drug-likeness (QED) is 0.688. The highest BCUT2D eigenvalue weighted by atomic mass is 16.5. The number of aromatic nitrogens is 2. The van der Waals surface area contributed by atoms with Crippen molar-refractivity contribution in [3.63, 3.8) is 0 Å². The van der Waals surface area contributed by atoms with Crippen molar-refractivity contribution in [2.24, 2.45) is 0 Å². The monoisotopic (exact) mass is 308 g/mol. The number of hydrogen-bond donors (Lipinski definition) is 0. The van der Waals surface area contributed by atoms with Crippen LogP contribution in [0.15, 0.2) is 47.0 Å². The molecule has 0 saturated heterocycles. The lowest BCUT2D eigenvalue weighted by Crippen LogP contribution is -2.03. The highest BCUT2D eigenvalue weighted by Gasteiger charge is 2.15. The summed E-state index contributed by atoms with van der Waals surface area (Å²) in [5, 5.41) is 4.04. The minimum absolute atomic E-state index is 0.359. The topological polar surface area (TPSA) is 65.2 Å². The molecule has 0 fully saturated rings. The van der Waals surface area contributed by atoms with Crippen molar-refractivity contribution in [3.8, 4) is 22.8 Å². The lowest BCUT2D eigenvalue weighted by atomic mass is 10.0. The van der Waals surface area contributed by atoms with Crippen molar-refractivity contribution < 1.29 is 14.1 Å². The van der Waals surface area contributed by atoms with Crippen LogP contribution in [0.2, 0.25) is 0 Å². The van der Waals surface area contributed by atoms with Crippen LogP contribution in [0, 0.1) is 13.8 Å². The molecule has 3 aromatic rings. The van der Waals surface area contributed by atoms with Crippen molar-refractivity contribution in [3.05, 3.63) is 59.2 Å². The lowest BCUT2D eigenvalue weighted by molar-refractivity contribution is 0.0600. The Hall–Kier alpha value is -2.95. The van der Waals surface area contributed by atoms with E-state index in [1.165, 1.54) is 7.11 Å². The second-order valence-electron chi connectivity index (χ2n) is 5.26. The fraction of sp³-hybridized carbons (Fsp3) is 0.167. The molecular weight excluding hydrogens is 292 g/mol. The van der Waals surface area contributed by atoms with Gasteiger partial charge in [0.2, 0.25) is 5.82 Å². The van der Waals surface area contributed by atoms with Crippen LogP contribution < -0.4 is 0 Å². The number of rotatable bonds is 3. The third-order valence-electron chi connectivity index (χ3n) is 3.69. The summed E-state index contributed by atoms with van der Waals surface area (Å²) in [5.74, 6) is 0.610. The summed E-state index contributed by atoms with van der Waals surface area (Å²) in [5.41, 5.74) is 4.10. The molecule has 0 N–H and O–H groups in total. The number of hydrogen-bond acceptors (Lipinski definition) is 5. The van der Waals surface area contributed by atoms with Crippen molar-refractivity contribution >= 4 is 5.97 Å². The van der Waals surface area contributed by atoms with Gasteiger partial charge in [0.05, 0.1) is 12.7 Å². The SMILES string of the molecule is COC(=O)c1ccc(-c2noc(-c3ccccc3C)n2)cc1C. The molecule has 1 heterocycles. The molecule has 5 heteroatoms. The zero-order chi connectivity index (χ0) is 16.4. The standard InChI is InChI=1S/C18H16N2O3/c1-11-6-4-5-7-14(11)17-19-16(20-23-17)13-8-9-15(12(2)10-13)18(21)22-3/h4-10H,1-3H3. The Labute approximate surface area is 133 Å². The van der Waals surface area contributed by atoms with Gasteiger partial charge in [0.1, 0.15) is 0 Å². The minimum atomic E-state index is -0.359. The summed E-state index contributed by atoms with van der Waals surface area (Å²) in [7, 11) is 1.36. The second-order valence-corrected chi connectivity index (χ2v) is 5.26. The predicted octanol–water partition coefficient (Wildman–Crippen LogP) is 3.81. The first-order valence-electron chi connectivity index (χ1n) is 7.19. The first-order chi connectivity index (χ1) is 11.1. The van der Waals surface area contributed by atoms with Gasteiger partial charge in [0.25, 0.3) is 5.89 Å². The predicted molar refractivity (Wildman–Crippen MR) is 86.0 cm³/mol. The van der Waals surface area contributed by atoms with E-state index in [2.05, 4.69) is 10.1 Å². The molecule has 0 bridgehead atoms. The molecule has 0 atom stereocenters. The van der Waals surface area contributed by atoms with E-state index < -0.39 is 0 Å². The third-order valence-corrected chi connectivity index (χ3v) is 3.69. The van der Waals surface area contributed by atoms with Gasteiger partial charge in [-0.3, -0.25) is 0 Å². The van der Waals surface area contributed by atoms with Crippen LogP contribution in [-0.4, -0.2) is 23.2 Å². The van der Waals surface area contributed by atoms with Crippen LogP contribution in [0.1, 0.15) is 21.5 Å². The average molecular weight is 308 g/mol. The van der Waals surface area contributed by atoms with Crippen molar-refractivity contribution in [1.29, 1.82) is 0 Å². The number of carbonyl (C=O) groups is 1. The maximum absolute atomic E-state index is 11.6. The molecule has 0 aliphatic heterocycles. The normalized spacial score (nSPS) is 10.6. The molecule has 3 rings (SSSR count). The molecule has 1 aromatic heterocycles. The zero-order valence-electron chi connectivity index (χ0n) is 13.2. The van der Waals surface area contributed by atoms with Gasteiger partial charge in [-0.1, -0.05) is 29.4 Å². The van der Waals surface area contributed by atoms with E-state index in [1.54, 1.807) is 12.1 Å². The van der Waals surface area contributed by atoms with E-state index in [0.717, 1.165) is 22.3 Å². The number of esters is 1. The van der Waals surface area contributed by atoms with E-state index in [1.807, 2.05) is 44.2 Å². The molecule has 116 valence electrons. The lowest BCUT2D eigenvalue weighted by Gasteiger charge is -2.04. The molecule has 0 unspecified atom stereocenters. The molecule has 0 radical (unpaired) electrons. The van der Waals surface area contributed by atoms with Crippen LogP contribution >= 0.6 is 0 Å². The molecule has 23 heavy (non-hydrogen) atoms. The van der Waals surface area contributed by atoms with Gasteiger partial charge in [-0.25, -0.2) is 4.79 Å². The minimum Gasteiger partial charge on any atom is -0.465 e. The number of aryl methyl sites for hydroxylation is 2. The Morgan fingerprint density at radius 3 is 2.57 bits per heavy atom. The maximum Gasteiger partial charge on any atom is 0.338 e. The second kappa shape index (κ2) is 6.04. The molecule has 0 saturated carbocycles. The summed E-state index contributed by atoms with van der Waals surface area (Å²) >= 11 is 0. The third kappa shape index (κ3) is 2.85. The van der Waals surface area contributed by atoms with Gasteiger partial charge in [-0.15, -0.1) is 0 Å².